The van der Waals surface area contributed by atoms with Crippen molar-refractivity contribution in [3.05, 3.63) is 12.5 Å². The molecule has 0 aliphatic heterocycles. The number of hydrogen-bond donors (Lipinski definition) is 2. The average Bonchev–Trinajstić information content (AvgIpc) is 2.65. The molecule has 0 atom stereocenters. The Morgan fingerprint density at radius 2 is 2.38 bits per heavy atom. The maximum absolute atomic E-state index is 11.9. The van der Waals surface area contributed by atoms with Gasteiger partial charge >= 0.3 is 0 Å². The van der Waals surface area contributed by atoms with Gasteiger partial charge < -0.3 is 15.5 Å². The molecule has 0 bridgehead atoms. The summed E-state index contributed by atoms with van der Waals surface area (Å²) in [6.07, 6.45) is 2.75. The van der Waals surface area contributed by atoms with Crippen molar-refractivity contribution in [2.75, 3.05) is 13.6 Å². The molecule has 0 aromatic carbocycles. The Morgan fingerprint density at radius 3 is 2.81 bits per heavy atom. The van der Waals surface area contributed by atoms with E-state index < -0.39 is 10.0 Å². The van der Waals surface area contributed by atoms with Gasteiger partial charge in [0.2, 0.25) is 0 Å². The Labute approximate surface area is 93.0 Å². The number of hydrogen-bond acceptors (Lipinski definition) is 5. The van der Waals surface area contributed by atoms with Gasteiger partial charge in [0.1, 0.15) is 0 Å². The van der Waals surface area contributed by atoms with Crippen molar-refractivity contribution >= 4 is 15.9 Å². The van der Waals surface area contributed by atoms with Crippen LogP contribution in [-0.4, -0.2) is 46.9 Å². The number of amidine groups is 1. The van der Waals surface area contributed by atoms with Gasteiger partial charge in [0.15, 0.2) is 10.9 Å². The highest BCUT2D eigenvalue weighted by molar-refractivity contribution is 7.89. The van der Waals surface area contributed by atoms with E-state index in [1.54, 1.807) is 7.05 Å². The molecule has 16 heavy (non-hydrogen) atoms. The third-order valence-corrected chi connectivity index (χ3v) is 3.56. The second-order valence-corrected chi connectivity index (χ2v) is 5.22. The van der Waals surface area contributed by atoms with Gasteiger partial charge in [-0.15, -0.1) is 0 Å². The average molecular weight is 247 g/mol. The monoisotopic (exact) mass is 247 g/mol. The van der Waals surface area contributed by atoms with Crippen LogP contribution in [0.15, 0.2) is 22.7 Å². The van der Waals surface area contributed by atoms with Gasteiger partial charge in [-0.05, 0) is 0 Å². The Kier molecular flexibility index (Phi) is 3.50. The van der Waals surface area contributed by atoms with E-state index in [1.807, 2.05) is 0 Å². The maximum atomic E-state index is 11.9. The molecule has 8 nitrogen and oxygen atoms in total. The van der Waals surface area contributed by atoms with Gasteiger partial charge in [-0.1, -0.05) is 5.16 Å². The van der Waals surface area contributed by atoms with Crippen LogP contribution in [-0.2, 0) is 17.1 Å². The molecule has 1 aromatic heterocycles. The molecule has 1 rings (SSSR count). The summed E-state index contributed by atoms with van der Waals surface area (Å²) in [7, 11) is -0.710. The largest absolute Gasteiger partial charge is 0.409 e. The van der Waals surface area contributed by atoms with Crippen molar-refractivity contribution in [3.8, 4) is 0 Å². The van der Waals surface area contributed by atoms with Gasteiger partial charge in [-0.3, -0.25) is 0 Å². The summed E-state index contributed by atoms with van der Waals surface area (Å²) in [5.41, 5.74) is 5.22. The van der Waals surface area contributed by atoms with Gasteiger partial charge in [0.05, 0.1) is 12.9 Å². The summed E-state index contributed by atoms with van der Waals surface area (Å²) >= 11 is 0. The van der Waals surface area contributed by atoms with E-state index in [2.05, 4.69) is 10.1 Å². The molecule has 0 amide bonds. The van der Waals surface area contributed by atoms with E-state index in [-0.39, 0.29) is 17.4 Å². The third-order valence-electron chi connectivity index (χ3n) is 1.87. The number of aryl methyl sites for hydroxylation is 1. The second kappa shape index (κ2) is 4.49. The van der Waals surface area contributed by atoms with E-state index >= 15 is 0 Å². The molecule has 0 aliphatic rings. The Morgan fingerprint density at radius 1 is 1.75 bits per heavy atom. The number of sulfonamides is 1. The summed E-state index contributed by atoms with van der Waals surface area (Å²) in [5.74, 6) is -0.193. The first-order chi connectivity index (χ1) is 7.37. The standard InChI is InChI=1S/C7H13N5O3S/c1-11-4-7(9-5-11)16(14,15)12(2)3-6(8)10-13/h4-5,13H,3H2,1-2H3,(H2,8,10). The van der Waals surface area contributed by atoms with Crippen LogP contribution >= 0.6 is 0 Å². The molecule has 0 spiro atoms. The van der Waals surface area contributed by atoms with Crippen LogP contribution < -0.4 is 5.73 Å². The van der Waals surface area contributed by atoms with Crippen molar-refractivity contribution in [1.82, 2.24) is 13.9 Å². The predicted octanol–water partition coefficient (Wildman–Crippen LogP) is -1.21. The smallest absolute Gasteiger partial charge is 0.262 e. The first-order valence-electron chi connectivity index (χ1n) is 4.28. The van der Waals surface area contributed by atoms with Crippen LogP contribution in [0, 0.1) is 0 Å². The van der Waals surface area contributed by atoms with Crippen LogP contribution in [0.1, 0.15) is 0 Å². The molecule has 1 heterocycles. The second-order valence-electron chi connectivity index (χ2n) is 3.23. The minimum absolute atomic E-state index is 0.0803. The number of rotatable bonds is 4. The Balaban J connectivity index is 2.94. The lowest BCUT2D eigenvalue weighted by atomic mass is 10.6. The fourth-order valence-electron chi connectivity index (χ4n) is 1.03. The summed E-state index contributed by atoms with van der Waals surface area (Å²) in [4.78, 5) is 3.73. The highest BCUT2D eigenvalue weighted by atomic mass is 32.2. The molecule has 0 saturated heterocycles. The first kappa shape index (κ1) is 12.5. The zero-order valence-electron chi connectivity index (χ0n) is 8.90. The number of nitrogens with zero attached hydrogens (tertiary/aromatic N) is 4. The van der Waals surface area contributed by atoms with Crippen LogP contribution in [0.4, 0.5) is 0 Å². The number of imidazole rings is 1. The minimum Gasteiger partial charge on any atom is -0.409 e. The fourth-order valence-corrected chi connectivity index (χ4v) is 2.13. The number of likely N-dealkylation sites (N-methyl/N-ethyl adjacent to an activating group) is 1. The number of aromatic nitrogens is 2. The predicted molar refractivity (Wildman–Crippen MR) is 56.4 cm³/mol. The molecule has 0 fully saturated rings. The molecule has 0 radical (unpaired) electrons. The van der Waals surface area contributed by atoms with E-state index in [1.165, 1.54) is 24.1 Å². The number of nitrogens with two attached hydrogens (primary N) is 1. The molecule has 3 N–H and O–H groups in total. The lowest BCUT2D eigenvalue weighted by Crippen LogP contribution is -2.35. The molecule has 0 saturated carbocycles. The van der Waals surface area contributed by atoms with Crippen molar-refractivity contribution < 1.29 is 13.6 Å². The van der Waals surface area contributed by atoms with Crippen molar-refractivity contribution in [1.29, 1.82) is 0 Å². The van der Waals surface area contributed by atoms with Crippen molar-refractivity contribution in [2.45, 2.75) is 5.03 Å². The van der Waals surface area contributed by atoms with Crippen LogP contribution in [0.2, 0.25) is 0 Å². The Bertz CT molecular complexity index is 492. The quantitative estimate of drug-likeness (QED) is 0.300. The molecule has 0 aliphatic carbocycles. The van der Waals surface area contributed by atoms with E-state index in [9.17, 15) is 8.42 Å². The molecular formula is C7H13N5O3S. The molecule has 1 aromatic rings. The summed E-state index contributed by atoms with van der Waals surface area (Å²) in [5, 5.41) is 11.0. The first-order valence-corrected chi connectivity index (χ1v) is 5.72. The topological polar surface area (TPSA) is 114 Å². The minimum atomic E-state index is -3.69. The van der Waals surface area contributed by atoms with E-state index in [4.69, 9.17) is 10.9 Å². The normalized spacial score (nSPS) is 13.3. The van der Waals surface area contributed by atoms with Gasteiger partial charge in [-0.2, -0.15) is 4.31 Å². The van der Waals surface area contributed by atoms with Crippen LogP contribution in [0.3, 0.4) is 0 Å². The molecule has 0 unspecified atom stereocenters. The highest BCUT2D eigenvalue weighted by Gasteiger charge is 2.23. The SMILES string of the molecule is CN(CC(N)=NO)S(=O)(=O)c1cn(C)cn1. The third kappa shape index (κ3) is 2.49. The summed E-state index contributed by atoms with van der Waals surface area (Å²) < 4.78 is 26.2. The van der Waals surface area contributed by atoms with Gasteiger partial charge in [-0.25, -0.2) is 13.4 Å². The maximum Gasteiger partial charge on any atom is 0.262 e. The zero-order chi connectivity index (χ0) is 12.3. The van der Waals surface area contributed by atoms with Crippen LogP contribution in [0.25, 0.3) is 0 Å². The van der Waals surface area contributed by atoms with Gasteiger partial charge in [0, 0.05) is 20.3 Å². The van der Waals surface area contributed by atoms with E-state index in [0.29, 0.717) is 0 Å². The lowest BCUT2D eigenvalue weighted by Gasteiger charge is -2.13. The number of oxime groups is 1. The molecule has 90 valence electrons. The Hall–Kier alpha value is -1.61. The van der Waals surface area contributed by atoms with Crippen molar-refractivity contribution in [3.63, 3.8) is 0 Å². The highest BCUT2D eigenvalue weighted by Crippen LogP contribution is 2.10. The van der Waals surface area contributed by atoms with Crippen molar-refractivity contribution in [2.24, 2.45) is 17.9 Å². The van der Waals surface area contributed by atoms with Gasteiger partial charge in [0.25, 0.3) is 10.0 Å². The summed E-state index contributed by atoms with van der Waals surface area (Å²) in [6, 6.07) is 0. The zero-order valence-corrected chi connectivity index (χ0v) is 9.72. The lowest BCUT2D eigenvalue weighted by molar-refractivity contribution is 0.315. The molecule has 9 heteroatoms. The fraction of sp³-hybridized carbons (Fsp3) is 0.429. The summed E-state index contributed by atoms with van der Waals surface area (Å²) in [6.45, 7) is -0.199. The van der Waals surface area contributed by atoms with Crippen LogP contribution in [0.5, 0.6) is 0 Å². The molecular weight excluding hydrogens is 234 g/mol. The van der Waals surface area contributed by atoms with E-state index in [0.717, 1.165) is 4.31 Å².